The molecule has 0 aromatic carbocycles. The van der Waals surface area contributed by atoms with Gasteiger partial charge in [0.2, 0.25) is 0 Å². The van der Waals surface area contributed by atoms with E-state index < -0.39 is 0 Å². The summed E-state index contributed by atoms with van der Waals surface area (Å²) in [6, 6.07) is 0. The SMILES string of the molecule is CCCCCC(C)CCCC(C)CCCCC(C)C. The second-order valence-electron chi connectivity index (χ2n) is 7.32. The molecule has 0 aromatic rings. The van der Waals surface area contributed by atoms with Gasteiger partial charge in [-0.1, -0.05) is 105 Å². The third kappa shape index (κ3) is 14.2. The van der Waals surface area contributed by atoms with Crippen molar-refractivity contribution in [3.8, 4) is 0 Å². The molecule has 0 aliphatic carbocycles. The van der Waals surface area contributed by atoms with E-state index in [0.29, 0.717) is 0 Å². The lowest BCUT2D eigenvalue weighted by Crippen LogP contribution is -1.99. The minimum Gasteiger partial charge on any atom is -0.0654 e. The van der Waals surface area contributed by atoms with Gasteiger partial charge in [0.15, 0.2) is 0 Å². The molecule has 0 bridgehead atoms. The van der Waals surface area contributed by atoms with E-state index in [1.165, 1.54) is 70.6 Å². The lowest BCUT2D eigenvalue weighted by Gasteiger charge is -2.14. The third-order valence-electron chi connectivity index (χ3n) is 4.42. The summed E-state index contributed by atoms with van der Waals surface area (Å²) in [6.45, 7) is 11.9. The maximum atomic E-state index is 2.46. The Labute approximate surface area is 123 Å². The monoisotopic (exact) mass is 268 g/mol. The first-order valence-corrected chi connectivity index (χ1v) is 9.06. The van der Waals surface area contributed by atoms with Gasteiger partial charge in [-0.2, -0.15) is 0 Å². The number of hydrogen-bond donors (Lipinski definition) is 0. The molecule has 0 N–H and O–H groups in total. The van der Waals surface area contributed by atoms with Gasteiger partial charge in [-0.05, 0) is 17.8 Å². The Kier molecular flexibility index (Phi) is 13.0. The van der Waals surface area contributed by atoms with E-state index in [1.54, 1.807) is 0 Å². The van der Waals surface area contributed by atoms with E-state index in [-0.39, 0.29) is 0 Å². The van der Waals surface area contributed by atoms with Crippen molar-refractivity contribution in [3.63, 3.8) is 0 Å². The van der Waals surface area contributed by atoms with Crippen LogP contribution in [0.4, 0.5) is 0 Å². The zero-order valence-corrected chi connectivity index (χ0v) is 14.5. The topological polar surface area (TPSA) is 0 Å². The molecule has 0 aliphatic heterocycles. The van der Waals surface area contributed by atoms with Crippen LogP contribution in [0.25, 0.3) is 0 Å². The normalized spacial score (nSPS) is 14.8. The van der Waals surface area contributed by atoms with Crippen LogP contribution in [0.5, 0.6) is 0 Å². The minimum absolute atomic E-state index is 0.888. The molecule has 0 saturated heterocycles. The van der Waals surface area contributed by atoms with Crippen LogP contribution in [0.3, 0.4) is 0 Å². The van der Waals surface area contributed by atoms with E-state index >= 15 is 0 Å². The molecule has 2 atom stereocenters. The van der Waals surface area contributed by atoms with Gasteiger partial charge < -0.3 is 0 Å². The van der Waals surface area contributed by atoms with E-state index in [2.05, 4.69) is 34.6 Å². The summed E-state index contributed by atoms with van der Waals surface area (Å²) in [7, 11) is 0. The molecule has 0 spiro atoms. The molecule has 0 fully saturated rings. The standard InChI is InChI=1S/C19H40/c1-6-7-8-13-18(4)15-11-16-19(5)14-10-9-12-17(2)3/h17-19H,6-16H2,1-5H3. The molecule has 2 unspecified atom stereocenters. The van der Waals surface area contributed by atoms with Gasteiger partial charge >= 0.3 is 0 Å². The Morgan fingerprint density at radius 3 is 1.42 bits per heavy atom. The number of unbranched alkanes of at least 4 members (excludes halogenated alkanes) is 3. The second kappa shape index (κ2) is 13.0. The molecular weight excluding hydrogens is 228 g/mol. The Morgan fingerprint density at radius 1 is 0.526 bits per heavy atom. The third-order valence-corrected chi connectivity index (χ3v) is 4.42. The molecule has 0 rings (SSSR count). The average molecular weight is 269 g/mol. The Bertz CT molecular complexity index is 171. The lowest BCUT2D eigenvalue weighted by atomic mass is 9.92. The fourth-order valence-corrected chi connectivity index (χ4v) is 2.89. The summed E-state index contributed by atoms with van der Waals surface area (Å²) in [5.74, 6) is 2.80. The highest BCUT2D eigenvalue weighted by Gasteiger charge is 2.06. The van der Waals surface area contributed by atoms with E-state index in [4.69, 9.17) is 0 Å². The van der Waals surface area contributed by atoms with Crippen molar-refractivity contribution < 1.29 is 0 Å². The first-order chi connectivity index (χ1) is 9.06. The van der Waals surface area contributed by atoms with Crippen LogP contribution in [0, 0.1) is 17.8 Å². The van der Waals surface area contributed by atoms with Crippen LogP contribution in [0.15, 0.2) is 0 Å². The first-order valence-electron chi connectivity index (χ1n) is 9.06. The first kappa shape index (κ1) is 19.0. The quantitative estimate of drug-likeness (QED) is 0.309. The smallest absolute Gasteiger partial charge is 0.0443 e. The molecule has 0 nitrogen and oxygen atoms in total. The van der Waals surface area contributed by atoms with Crippen molar-refractivity contribution in [1.29, 1.82) is 0 Å². The highest BCUT2D eigenvalue weighted by Crippen LogP contribution is 2.21. The summed E-state index contributed by atoms with van der Waals surface area (Å²) in [5, 5.41) is 0. The van der Waals surface area contributed by atoms with Gasteiger partial charge in [-0.3, -0.25) is 0 Å². The molecule has 0 amide bonds. The van der Waals surface area contributed by atoms with Crippen molar-refractivity contribution in [2.45, 2.75) is 105 Å². The van der Waals surface area contributed by atoms with Crippen molar-refractivity contribution in [3.05, 3.63) is 0 Å². The van der Waals surface area contributed by atoms with E-state index in [9.17, 15) is 0 Å². The Balaban J connectivity index is 3.34. The predicted octanol–water partition coefficient (Wildman–Crippen LogP) is 7.23. The molecule has 0 heteroatoms. The molecule has 0 heterocycles. The summed E-state index contributed by atoms with van der Waals surface area (Å²) >= 11 is 0. The number of rotatable bonds is 13. The molecule has 0 aliphatic rings. The fourth-order valence-electron chi connectivity index (χ4n) is 2.89. The van der Waals surface area contributed by atoms with Crippen molar-refractivity contribution in [2.75, 3.05) is 0 Å². The summed E-state index contributed by atoms with van der Waals surface area (Å²) < 4.78 is 0. The van der Waals surface area contributed by atoms with Crippen molar-refractivity contribution >= 4 is 0 Å². The van der Waals surface area contributed by atoms with Gasteiger partial charge in [0.25, 0.3) is 0 Å². The van der Waals surface area contributed by atoms with E-state index in [0.717, 1.165) is 17.8 Å². The fraction of sp³-hybridized carbons (Fsp3) is 1.00. The summed E-state index contributed by atoms with van der Waals surface area (Å²) in [4.78, 5) is 0. The molecule has 0 aromatic heterocycles. The van der Waals surface area contributed by atoms with Crippen LogP contribution in [0.1, 0.15) is 105 Å². The van der Waals surface area contributed by atoms with Crippen LogP contribution < -0.4 is 0 Å². The van der Waals surface area contributed by atoms with Crippen LogP contribution >= 0.6 is 0 Å². The maximum Gasteiger partial charge on any atom is -0.0443 e. The van der Waals surface area contributed by atoms with Crippen molar-refractivity contribution in [1.82, 2.24) is 0 Å². The molecule has 116 valence electrons. The lowest BCUT2D eigenvalue weighted by molar-refractivity contribution is 0.389. The highest BCUT2D eigenvalue weighted by molar-refractivity contribution is 4.59. The van der Waals surface area contributed by atoms with Gasteiger partial charge in [-0.25, -0.2) is 0 Å². The average Bonchev–Trinajstić information content (AvgIpc) is 2.35. The zero-order valence-electron chi connectivity index (χ0n) is 14.5. The zero-order chi connectivity index (χ0) is 14.5. The molecule has 0 radical (unpaired) electrons. The van der Waals surface area contributed by atoms with Crippen LogP contribution in [-0.2, 0) is 0 Å². The minimum atomic E-state index is 0.888. The van der Waals surface area contributed by atoms with Gasteiger partial charge in [0, 0.05) is 0 Å². The molecule has 0 saturated carbocycles. The summed E-state index contributed by atoms with van der Waals surface area (Å²) in [5.41, 5.74) is 0. The maximum absolute atomic E-state index is 2.46. The number of hydrogen-bond acceptors (Lipinski definition) is 0. The highest BCUT2D eigenvalue weighted by atomic mass is 14.1. The Hall–Kier alpha value is 0. The van der Waals surface area contributed by atoms with Crippen molar-refractivity contribution in [2.24, 2.45) is 17.8 Å². The Morgan fingerprint density at radius 2 is 0.947 bits per heavy atom. The van der Waals surface area contributed by atoms with Crippen LogP contribution in [-0.4, -0.2) is 0 Å². The second-order valence-corrected chi connectivity index (χ2v) is 7.32. The largest absolute Gasteiger partial charge is 0.0654 e. The van der Waals surface area contributed by atoms with Gasteiger partial charge in [0.05, 0.1) is 0 Å². The van der Waals surface area contributed by atoms with Gasteiger partial charge in [0.1, 0.15) is 0 Å². The van der Waals surface area contributed by atoms with Crippen LogP contribution in [0.2, 0.25) is 0 Å². The summed E-state index contributed by atoms with van der Waals surface area (Å²) in [6.07, 6.45) is 15.8. The van der Waals surface area contributed by atoms with Gasteiger partial charge in [-0.15, -0.1) is 0 Å². The molecular formula is C19H40. The predicted molar refractivity (Wildman–Crippen MR) is 89.6 cm³/mol. The van der Waals surface area contributed by atoms with E-state index in [1.807, 2.05) is 0 Å². The molecule has 19 heavy (non-hydrogen) atoms.